The van der Waals surface area contributed by atoms with Gasteiger partial charge >= 0.3 is 0 Å². The Balaban J connectivity index is 1.86. The molecule has 3 aromatic carbocycles. The van der Waals surface area contributed by atoms with Gasteiger partial charge in [0.05, 0.1) is 0 Å². The van der Waals surface area contributed by atoms with Crippen molar-refractivity contribution in [1.82, 2.24) is 10.2 Å². The van der Waals surface area contributed by atoms with Crippen LogP contribution in [0.5, 0.6) is 5.75 Å². The fourth-order valence-electron chi connectivity index (χ4n) is 3.44. The Labute approximate surface area is 190 Å². The van der Waals surface area contributed by atoms with Gasteiger partial charge in [-0.3, -0.25) is 9.59 Å². The summed E-state index contributed by atoms with van der Waals surface area (Å²) in [6.07, 6.45) is 1.26. The normalized spacial score (nSPS) is 11.4. The quantitative estimate of drug-likeness (QED) is 0.495. The lowest BCUT2D eigenvalue weighted by molar-refractivity contribution is -0.142. The third kappa shape index (κ3) is 6.98. The second kappa shape index (κ2) is 12.3. The Morgan fingerprint density at radius 3 is 2.00 bits per heavy atom. The summed E-state index contributed by atoms with van der Waals surface area (Å²) < 4.78 is 5.72. The molecule has 0 spiro atoms. The summed E-state index contributed by atoms with van der Waals surface area (Å²) in [6.45, 7) is 2.77. The van der Waals surface area contributed by atoms with E-state index in [4.69, 9.17) is 4.74 Å². The van der Waals surface area contributed by atoms with Crippen LogP contribution in [-0.2, 0) is 22.6 Å². The van der Waals surface area contributed by atoms with Crippen LogP contribution < -0.4 is 10.1 Å². The lowest BCUT2D eigenvalue weighted by Crippen LogP contribution is -2.51. The van der Waals surface area contributed by atoms with Crippen molar-refractivity contribution < 1.29 is 14.3 Å². The first-order chi connectivity index (χ1) is 15.7. The first kappa shape index (κ1) is 23.1. The zero-order chi connectivity index (χ0) is 22.6. The molecule has 0 heterocycles. The van der Waals surface area contributed by atoms with Gasteiger partial charge in [-0.1, -0.05) is 85.8 Å². The van der Waals surface area contributed by atoms with E-state index in [1.165, 1.54) is 0 Å². The van der Waals surface area contributed by atoms with E-state index in [0.717, 1.165) is 17.5 Å². The molecule has 5 heteroatoms. The first-order valence-electron chi connectivity index (χ1n) is 11.0. The molecule has 3 aromatic rings. The molecule has 0 bridgehead atoms. The number of nitrogens with zero attached hydrogens (tertiary/aromatic N) is 1. The van der Waals surface area contributed by atoms with Crippen LogP contribution >= 0.6 is 0 Å². The average Bonchev–Trinajstić information content (AvgIpc) is 2.85. The molecule has 0 fully saturated rings. The third-order valence-electron chi connectivity index (χ3n) is 5.12. The zero-order valence-electron chi connectivity index (χ0n) is 18.4. The molecule has 0 aliphatic carbocycles. The van der Waals surface area contributed by atoms with Gasteiger partial charge in [-0.05, 0) is 29.7 Å². The molecule has 0 aromatic heterocycles. The lowest BCUT2D eigenvalue weighted by atomic mass is 10.0. The highest BCUT2D eigenvalue weighted by Crippen LogP contribution is 2.16. The fourth-order valence-corrected chi connectivity index (χ4v) is 3.44. The SMILES string of the molecule is CCCNC(=O)[C@H](Cc1ccccc1)N(Cc1ccccc1)C(=O)COc1ccccc1. The molecule has 3 rings (SSSR count). The predicted octanol–water partition coefficient (Wildman–Crippen LogP) is 4.23. The summed E-state index contributed by atoms with van der Waals surface area (Å²) in [7, 11) is 0. The number of ether oxygens (including phenoxy) is 1. The van der Waals surface area contributed by atoms with Crippen molar-refractivity contribution in [3.8, 4) is 5.75 Å². The molecule has 0 saturated heterocycles. The van der Waals surface area contributed by atoms with Gasteiger partial charge in [0.2, 0.25) is 5.91 Å². The molecule has 0 radical (unpaired) electrons. The van der Waals surface area contributed by atoms with E-state index in [0.29, 0.717) is 25.3 Å². The highest BCUT2D eigenvalue weighted by Gasteiger charge is 2.30. The zero-order valence-corrected chi connectivity index (χ0v) is 18.4. The maximum Gasteiger partial charge on any atom is 0.261 e. The molecule has 0 aliphatic heterocycles. The lowest BCUT2D eigenvalue weighted by Gasteiger charge is -2.31. The van der Waals surface area contributed by atoms with Crippen molar-refractivity contribution in [3.63, 3.8) is 0 Å². The van der Waals surface area contributed by atoms with E-state index in [-0.39, 0.29) is 18.4 Å². The van der Waals surface area contributed by atoms with Gasteiger partial charge < -0.3 is 15.0 Å². The van der Waals surface area contributed by atoms with Crippen LogP contribution in [0.4, 0.5) is 0 Å². The molecule has 0 saturated carbocycles. The molecule has 32 heavy (non-hydrogen) atoms. The van der Waals surface area contributed by atoms with Crippen molar-refractivity contribution >= 4 is 11.8 Å². The van der Waals surface area contributed by atoms with E-state index in [2.05, 4.69) is 5.32 Å². The third-order valence-corrected chi connectivity index (χ3v) is 5.12. The van der Waals surface area contributed by atoms with Gasteiger partial charge in [-0.2, -0.15) is 0 Å². The van der Waals surface area contributed by atoms with Crippen LogP contribution in [-0.4, -0.2) is 35.9 Å². The molecular formula is C27H30N2O3. The number of rotatable bonds is 11. The molecule has 5 nitrogen and oxygen atoms in total. The maximum absolute atomic E-state index is 13.4. The van der Waals surface area contributed by atoms with Gasteiger partial charge in [0.25, 0.3) is 5.91 Å². The van der Waals surface area contributed by atoms with Crippen LogP contribution in [0.2, 0.25) is 0 Å². The molecule has 1 atom stereocenters. The van der Waals surface area contributed by atoms with Crippen LogP contribution in [0.25, 0.3) is 0 Å². The van der Waals surface area contributed by atoms with Crippen molar-refractivity contribution in [2.45, 2.75) is 32.4 Å². The maximum atomic E-state index is 13.4. The Kier molecular flexibility index (Phi) is 8.87. The number of para-hydroxylation sites is 1. The number of hydrogen-bond acceptors (Lipinski definition) is 3. The van der Waals surface area contributed by atoms with Crippen LogP contribution in [0.15, 0.2) is 91.0 Å². The highest BCUT2D eigenvalue weighted by atomic mass is 16.5. The summed E-state index contributed by atoms with van der Waals surface area (Å²) in [6, 6.07) is 28.1. The van der Waals surface area contributed by atoms with Gasteiger partial charge in [0.1, 0.15) is 11.8 Å². The predicted molar refractivity (Wildman–Crippen MR) is 126 cm³/mol. The molecule has 1 N–H and O–H groups in total. The average molecular weight is 431 g/mol. The Morgan fingerprint density at radius 2 is 1.41 bits per heavy atom. The number of benzene rings is 3. The van der Waals surface area contributed by atoms with Gasteiger partial charge in [0, 0.05) is 19.5 Å². The molecule has 0 aliphatic rings. The van der Waals surface area contributed by atoms with Crippen LogP contribution in [0.1, 0.15) is 24.5 Å². The van der Waals surface area contributed by atoms with Gasteiger partial charge in [-0.15, -0.1) is 0 Å². The van der Waals surface area contributed by atoms with Crippen molar-refractivity contribution in [2.75, 3.05) is 13.2 Å². The minimum atomic E-state index is -0.643. The summed E-state index contributed by atoms with van der Waals surface area (Å²) in [5.41, 5.74) is 1.96. The minimum absolute atomic E-state index is 0.136. The Morgan fingerprint density at radius 1 is 0.844 bits per heavy atom. The number of hydrogen-bond donors (Lipinski definition) is 1. The van der Waals surface area contributed by atoms with Crippen molar-refractivity contribution in [2.24, 2.45) is 0 Å². The second-order valence-corrected chi connectivity index (χ2v) is 7.61. The monoisotopic (exact) mass is 430 g/mol. The smallest absolute Gasteiger partial charge is 0.261 e. The van der Waals surface area contributed by atoms with E-state index in [1.807, 2.05) is 97.9 Å². The number of carbonyl (C=O) groups is 2. The van der Waals surface area contributed by atoms with E-state index in [1.54, 1.807) is 4.90 Å². The molecular weight excluding hydrogens is 400 g/mol. The van der Waals surface area contributed by atoms with E-state index in [9.17, 15) is 9.59 Å². The number of amides is 2. The Hall–Kier alpha value is -3.60. The van der Waals surface area contributed by atoms with Crippen molar-refractivity contribution in [3.05, 3.63) is 102 Å². The topological polar surface area (TPSA) is 58.6 Å². The standard InChI is InChI=1S/C27H30N2O3/c1-2-18-28-27(31)25(19-22-12-6-3-7-13-22)29(20-23-14-8-4-9-15-23)26(30)21-32-24-16-10-5-11-17-24/h3-17,25H,2,18-21H2,1H3,(H,28,31)/t25-/m0/s1. The molecule has 166 valence electrons. The van der Waals surface area contributed by atoms with Crippen LogP contribution in [0, 0.1) is 0 Å². The Bertz CT molecular complexity index is 962. The fraction of sp³-hybridized carbons (Fsp3) is 0.259. The summed E-state index contributed by atoms with van der Waals surface area (Å²) in [5, 5.41) is 2.97. The first-order valence-corrected chi connectivity index (χ1v) is 11.0. The van der Waals surface area contributed by atoms with Gasteiger partial charge in [0.15, 0.2) is 6.61 Å². The number of carbonyl (C=O) groups excluding carboxylic acids is 2. The minimum Gasteiger partial charge on any atom is -0.484 e. The van der Waals surface area contributed by atoms with E-state index < -0.39 is 6.04 Å². The molecule has 2 amide bonds. The van der Waals surface area contributed by atoms with Crippen LogP contribution in [0.3, 0.4) is 0 Å². The summed E-state index contributed by atoms with van der Waals surface area (Å²) in [4.78, 5) is 28.2. The summed E-state index contributed by atoms with van der Waals surface area (Å²) >= 11 is 0. The number of nitrogens with one attached hydrogen (secondary N) is 1. The van der Waals surface area contributed by atoms with E-state index >= 15 is 0 Å². The highest BCUT2D eigenvalue weighted by molar-refractivity contribution is 5.88. The van der Waals surface area contributed by atoms with Crippen molar-refractivity contribution in [1.29, 1.82) is 0 Å². The molecule has 0 unspecified atom stereocenters. The van der Waals surface area contributed by atoms with Gasteiger partial charge in [-0.25, -0.2) is 0 Å². The largest absolute Gasteiger partial charge is 0.484 e. The summed E-state index contributed by atoms with van der Waals surface area (Å²) in [5.74, 6) is 0.237. The second-order valence-electron chi connectivity index (χ2n) is 7.61.